The molecule has 1 saturated heterocycles. The third-order valence-corrected chi connectivity index (χ3v) is 6.52. The molecule has 0 saturated carbocycles. The van der Waals surface area contributed by atoms with Crippen molar-refractivity contribution in [3.05, 3.63) is 88.4 Å². The molecular formula is C26H24ClN3O3. The Morgan fingerprint density at radius 2 is 1.73 bits per heavy atom. The summed E-state index contributed by atoms with van der Waals surface area (Å²) in [6.07, 6.45) is 0. The van der Waals surface area contributed by atoms with Gasteiger partial charge in [0, 0.05) is 22.0 Å². The molecule has 0 aromatic heterocycles. The predicted octanol–water partition coefficient (Wildman–Crippen LogP) is 5.59. The summed E-state index contributed by atoms with van der Waals surface area (Å²) in [5.74, 6) is -0.329. The Hall–Kier alpha value is -3.51. The maximum absolute atomic E-state index is 13.7. The van der Waals surface area contributed by atoms with Crippen molar-refractivity contribution >= 4 is 34.9 Å². The number of carbonyl (C=O) groups is 2. The number of nitrogens with zero attached hydrogens (tertiary/aromatic N) is 1. The van der Waals surface area contributed by atoms with Crippen molar-refractivity contribution in [2.75, 3.05) is 10.2 Å². The number of fused-ring (bicyclic) bond motifs is 4. The van der Waals surface area contributed by atoms with Gasteiger partial charge in [0.15, 0.2) is 0 Å². The lowest BCUT2D eigenvalue weighted by atomic mass is 9.78. The number of para-hydroxylation sites is 1. The molecule has 5 rings (SSSR count). The highest BCUT2D eigenvalue weighted by molar-refractivity contribution is 6.30. The Morgan fingerprint density at radius 3 is 2.42 bits per heavy atom. The van der Waals surface area contributed by atoms with E-state index in [-0.39, 0.29) is 11.9 Å². The molecule has 3 unspecified atom stereocenters. The summed E-state index contributed by atoms with van der Waals surface area (Å²) < 4.78 is 6.48. The summed E-state index contributed by atoms with van der Waals surface area (Å²) in [5, 5.41) is 6.63. The molecule has 0 radical (unpaired) electrons. The molecule has 2 bridgehead atoms. The minimum Gasteiger partial charge on any atom is -0.466 e. The molecule has 2 heterocycles. The van der Waals surface area contributed by atoms with E-state index in [1.165, 1.54) is 0 Å². The van der Waals surface area contributed by atoms with Crippen LogP contribution in [0.3, 0.4) is 0 Å². The van der Waals surface area contributed by atoms with Gasteiger partial charge in [0.05, 0.1) is 6.04 Å². The third kappa shape index (κ3) is 3.60. The van der Waals surface area contributed by atoms with Gasteiger partial charge in [-0.2, -0.15) is 0 Å². The molecular weight excluding hydrogens is 438 g/mol. The molecule has 7 heteroatoms. The van der Waals surface area contributed by atoms with Gasteiger partial charge in [-0.25, -0.2) is 4.79 Å². The fraction of sp³-hybridized carbons (Fsp3) is 0.231. The Morgan fingerprint density at radius 1 is 1.06 bits per heavy atom. The first kappa shape index (κ1) is 21.3. The third-order valence-electron chi connectivity index (χ3n) is 6.27. The molecule has 2 aliphatic rings. The van der Waals surface area contributed by atoms with Crippen LogP contribution in [0.1, 0.15) is 29.7 Å². The van der Waals surface area contributed by atoms with Crippen molar-refractivity contribution < 1.29 is 14.3 Å². The lowest BCUT2D eigenvalue weighted by Crippen LogP contribution is -2.72. The Bertz CT molecular complexity index is 1240. The molecule has 6 nitrogen and oxygen atoms in total. The lowest BCUT2D eigenvalue weighted by Gasteiger charge is -2.54. The van der Waals surface area contributed by atoms with Crippen LogP contribution in [0.15, 0.2) is 66.7 Å². The molecule has 2 aliphatic heterocycles. The second-order valence-corrected chi connectivity index (χ2v) is 9.21. The summed E-state index contributed by atoms with van der Waals surface area (Å²) >= 11 is 5.99. The first-order valence-electron chi connectivity index (χ1n) is 10.8. The van der Waals surface area contributed by atoms with Crippen molar-refractivity contribution in [2.24, 2.45) is 5.92 Å². The maximum atomic E-state index is 13.7. The molecule has 2 N–H and O–H groups in total. The second kappa shape index (κ2) is 7.81. The quantitative estimate of drug-likeness (QED) is 0.534. The largest absolute Gasteiger partial charge is 0.466 e. The number of ether oxygens (including phenoxy) is 1. The highest BCUT2D eigenvalue weighted by atomic mass is 35.5. The number of hydrogen-bond donors (Lipinski definition) is 2. The van der Waals surface area contributed by atoms with E-state index in [0.29, 0.717) is 22.1 Å². The van der Waals surface area contributed by atoms with Crippen LogP contribution in [0.2, 0.25) is 5.02 Å². The number of hydrogen-bond acceptors (Lipinski definition) is 3. The van der Waals surface area contributed by atoms with E-state index in [0.717, 1.165) is 16.7 Å². The van der Waals surface area contributed by atoms with Gasteiger partial charge >= 0.3 is 6.03 Å². The molecule has 33 heavy (non-hydrogen) atoms. The van der Waals surface area contributed by atoms with Crippen LogP contribution in [-0.4, -0.2) is 17.7 Å². The number of amides is 3. The van der Waals surface area contributed by atoms with Crippen molar-refractivity contribution in [3.63, 3.8) is 0 Å². The lowest BCUT2D eigenvalue weighted by molar-refractivity contribution is -0.131. The van der Waals surface area contributed by atoms with Crippen molar-refractivity contribution in [3.8, 4) is 5.75 Å². The average Bonchev–Trinajstić information content (AvgIpc) is 2.74. The van der Waals surface area contributed by atoms with Crippen LogP contribution in [0, 0.1) is 19.8 Å². The van der Waals surface area contributed by atoms with E-state index >= 15 is 0 Å². The van der Waals surface area contributed by atoms with Crippen LogP contribution >= 0.6 is 11.6 Å². The van der Waals surface area contributed by atoms with Gasteiger partial charge in [0.1, 0.15) is 11.7 Å². The normalized spacial score (nSPS) is 23.3. The molecule has 0 aliphatic carbocycles. The van der Waals surface area contributed by atoms with Crippen LogP contribution < -0.4 is 20.3 Å². The minimum atomic E-state index is -1.25. The number of rotatable bonds is 3. The van der Waals surface area contributed by atoms with E-state index in [4.69, 9.17) is 16.3 Å². The summed E-state index contributed by atoms with van der Waals surface area (Å²) in [7, 11) is 0. The zero-order valence-electron chi connectivity index (χ0n) is 18.6. The first-order chi connectivity index (χ1) is 15.8. The van der Waals surface area contributed by atoms with Crippen molar-refractivity contribution in [1.82, 2.24) is 5.32 Å². The van der Waals surface area contributed by atoms with Gasteiger partial charge in [-0.05, 0) is 74.4 Å². The molecule has 1 fully saturated rings. The van der Waals surface area contributed by atoms with Crippen molar-refractivity contribution in [2.45, 2.75) is 32.5 Å². The average molecular weight is 462 g/mol. The number of benzene rings is 3. The molecule has 3 aromatic rings. The number of carbonyl (C=O) groups excluding carboxylic acids is 2. The fourth-order valence-corrected chi connectivity index (χ4v) is 5.08. The number of halogens is 1. The SMILES string of the molecule is Cc1cc(C)cc(N2C(=O)NC3c4ccccc4OC2(C)C3C(=O)Nc2ccc(Cl)cc2)c1. The van der Waals surface area contributed by atoms with Gasteiger partial charge in [-0.15, -0.1) is 0 Å². The fourth-order valence-electron chi connectivity index (χ4n) is 4.95. The van der Waals surface area contributed by atoms with E-state index < -0.39 is 17.7 Å². The highest BCUT2D eigenvalue weighted by Gasteiger charge is 2.60. The number of anilines is 2. The molecule has 3 atom stereocenters. The van der Waals surface area contributed by atoms with E-state index in [1.54, 1.807) is 36.1 Å². The van der Waals surface area contributed by atoms with Gasteiger partial charge in [0.2, 0.25) is 11.6 Å². The first-order valence-corrected chi connectivity index (χ1v) is 11.2. The zero-order chi connectivity index (χ0) is 23.3. The second-order valence-electron chi connectivity index (χ2n) is 8.78. The maximum Gasteiger partial charge on any atom is 0.325 e. The van der Waals surface area contributed by atoms with Crippen LogP contribution in [0.25, 0.3) is 0 Å². The summed E-state index contributed by atoms with van der Waals surface area (Å²) in [6, 6.07) is 19.5. The Balaban J connectivity index is 1.62. The van der Waals surface area contributed by atoms with Gasteiger partial charge in [0.25, 0.3) is 0 Å². The number of urea groups is 1. The van der Waals surface area contributed by atoms with E-state index in [9.17, 15) is 9.59 Å². The smallest absolute Gasteiger partial charge is 0.325 e. The topological polar surface area (TPSA) is 70.7 Å². The summed E-state index contributed by atoms with van der Waals surface area (Å²) in [6.45, 7) is 5.76. The molecule has 168 valence electrons. The van der Waals surface area contributed by atoms with Crippen molar-refractivity contribution in [1.29, 1.82) is 0 Å². The zero-order valence-corrected chi connectivity index (χ0v) is 19.3. The molecule has 0 spiro atoms. The summed E-state index contributed by atoms with van der Waals surface area (Å²) in [4.78, 5) is 28.7. The Kier molecular flexibility index (Phi) is 5.05. The van der Waals surface area contributed by atoms with E-state index in [1.807, 2.05) is 56.3 Å². The molecule has 3 aromatic carbocycles. The number of nitrogens with one attached hydrogen (secondary N) is 2. The van der Waals surface area contributed by atoms with Crippen LogP contribution in [0.4, 0.5) is 16.2 Å². The number of aryl methyl sites for hydroxylation is 2. The standard InChI is InChI=1S/C26H24ClN3O3/c1-15-12-16(2)14-19(13-15)30-25(32)29-23-20-6-4-5-7-21(20)33-26(30,3)22(23)24(31)28-18-10-8-17(27)9-11-18/h4-14,22-23H,1-3H3,(H,28,31)(H,29,32). The van der Waals surface area contributed by atoms with E-state index in [2.05, 4.69) is 10.6 Å². The van der Waals surface area contributed by atoms with Gasteiger partial charge < -0.3 is 15.4 Å². The summed E-state index contributed by atoms with van der Waals surface area (Å²) in [5.41, 5.74) is 2.85. The van der Waals surface area contributed by atoms with Gasteiger partial charge in [-0.3, -0.25) is 9.69 Å². The monoisotopic (exact) mass is 461 g/mol. The predicted molar refractivity (Wildman–Crippen MR) is 129 cm³/mol. The highest BCUT2D eigenvalue weighted by Crippen LogP contribution is 2.49. The van der Waals surface area contributed by atoms with Gasteiger partial charge in [-0.1, -0.05) is 35.9 Å². The Labute approximate surface area is 197 Å². The minimum absolute atomic E-state index is 0.256. The van der Waals surface area contributed by atoms with Crippen LogP contribution in [-0.2, 0) is 4.79 Å². The van der Waals surface area contributed by atoms with Crippen LogP contribution in [0.5, 0.6) is 5.75 Å². The molecule has 3 amide bonds.